The van der Waals surface area contributed by atoms with Gasteiger partial charge in [-0.25, -0.2) is 8.42 Å². The molecule has 0 amide bonds. The highest BCUT2D eigenvalue weighted by atomic mass is 35.5. The summed E-state index contributed by atoms with van der Waals surface area (Å²) < 4.78 is 26.1. The summed E-state index contributed by atoms with van der Waals surface area (Å²) in [5.74, 6) is -2.34. The van der Waals surface area contributed by atoms with Crippen LogP contribution in [0.5, 0.6) is 0 Å². The van der Waals surface area contributed by atoms with E-state index >= 15 is 0 Å². The number of halogens is 1. The third-order valence-corrected chi connectivity index (χ3v) is 7.39. The molecule has 2 aromatic rings. The predicted molar refractivity (Wildman–Crippen MR) is 96.7 cm³/mol. The topological polar surface area (TPSA) is 95.2 Å². The Bertz CT molecular complexity index is 993. The minimum Gasteiger partial charge on any atom is -0.480 e. The summed E-state index contributed by atoms with van der Waals surface area (Å²) in [6.45, 7) is 1.98. The maximum Gasteiger partial charge on any atom is 0.326 e. The first-order valence-corrected chi connectivity index (χ1v) is 9.94. The average Bonchev–Trinajstić information content (AvgIpc) is 3.34. The third-order valence-electron chi connectivity index (χ3n) is 4.90. The molecule has 0 aliphatic heterocycles. The molecule has 0 aromatic heterocycles. The van der Waals surface area contributed by atoms with Crippen molar-refractivity contribution in [2.24, 2.45) is 5.41 Å². The van der Waals surface area contributed by atoms with Crippen molar-refractivity contribution < 1.29 is 18.3 Å². The summed E-state index contributed by atoms with van der Waals surface area (Å²) in [5, 5.41) is 18.3. The van der Waals surface area contributed by atoms with E-state index in [1.54, 1.807) is 18.2 Å². The molecule has 1 aliphatic rings. The monoisotopic (exact) mass is 389 g/mol. The van der Waals surface area contributed by atoms with Gasteiger partial charge in [-0.1, -0.05) is 42.8 Å². The van der Waals surface area contributed by atoms with E-state index in [0.29, 0.717) is 10.6 Å². The molecule has 0 bridgehead atoms. The molecular weight excluding hydrogens is 374 g/mol. The van der Waals surface area contributed by atoms with Gasteiger partial charge in [-0.2, -0.15) is 5.26 Å². The molecule has 26 heavy (non-hydrogen) atoms. The Hall–Kier alpha value is -2.36. The number of carboxylic acid groups (broad SMARTS) is 1. The largest absolute Gasteiger partial charge is 0.480 e. The van der Waals surface area contributed by atoms with Crippen LogP contribution in [0.15, 0.2) is 53.4 Å². The number of aliphatic carboxylic acids is 1. The molecule has 7 heteroatoms. The lowest BCUT2D eigenvalue weighted by Gasteiger charge is -2.05. The number of sulfone groups is 1. The molecule has 3 unspecified atom stereocenters. The molecule has 3 atom stereocenters. The third kappa shape index (κ3) is 2.68. The molecule has 0 spiro atoms. The van der Waals surface area contributed by atoms with Crippen molar-refractivity contribution in [3.05, 3.63) is 64.7 Å². The second-order valence-electron chi connectivity index (χ2n) is 6.28. The fourth-order valence-corrected chi connectivity index (χ4v) is 5.76. The van der Waals surface area contributed by atoms with Gasteiger partial charge in [-0.05, 0) is 41.8 Å². The maximum absolute atomic E-state index is 13.0. The number of rotatable bonds is 5. The predicted octanol–water partition coefficient (Wildman–Crippen LogP) is 3.44. The number of nitriles is 1. The summed E-state index contributed by atoms with van der Waals surface area (Å²) >= 11 is 5.80. The van der Waals surface area contributed by atoms with E-state index in [2.05, 4.69) is 0 Å². The van der Waals surface area contributed by atoms with Gasteiger partial charge >= 0.3 is 5.97 Å². The van der Waals surface area contributed by atoms with E-state index < -0.39 is 32.4 Å². The summed E-state index contributed by atoms with van der Waals surface area (Å²) in [6, 6.07) is 14.3. The molecule has 1 saturated carbocycles. The van der Waals surface area contributed by atoms with Gasteiger partial charge in [0.1, 0.15) is 5.25 Å². The Kier molecular flexibility index (Phi) is 4.55. The second-order valence-corrected chi connectivity index (χ2v) is 8.78. The van der Waals surface area contributed by atoms with Crippen molar-refractivity contribution in [1.29, 1.82) is 5.26 Å². The highest BCUT2D eigenvalue weighted by Gasteiger charge is 2.77. The van der Waals surface area contributed by atoms with Gasteiger partial charge in [0.15, 0.2) is 15.3 Å². The Morgan fingerprint density at radius 1 is 1.19 bits per heavy atom. The minimum absolute atomic E-state index is 0.0412. The van der Waals surface area contributed by atoms with Crippen LogP contribution in [0.2, 0.25) is 5.02 Å². The van der Waals surface area contributed by atoms with Crippen molar-refractivity contribution in [3.63, 3.8) is 0 Å². The fraction of sp³-hybridized carbons (Fsp3) is 0.263. The Morgan fingerprint density at radius 3 is 2.23 bits per heavy atom. The number of carboxylic acids is 1. The molecule has 0 radical (unpaired) electrons. The molecule has 0 heterocycles. The molecule has 1 N–H and O–H groups in total. The first-order valence-electron chi connectivity index (χ1n) is 8.02. The van der Waals surface area contributed by atoms with Crippen molar-refractivity contribution >= 4 is 27.4 Å². The number of hydrogen-bond acceptors (Lipinski definition) is 4. The van der Waals surface area contributed by atoms with Crippen LogP contribution < -0.4 is 0 Å². The van der Waals surface area contributed by atoms with Crippen molar-refractivity contribution in [2.45, 2.75) is 29.4 Å². The Balaban J connectivity index is 2.10. The first-order chi connectivity index (χ1) is 12.3. The van der Waals surface area contributed by atoms with Gasteiger partial charge in [-0.15, -0.1) is 0 Å². The molecule has 5 nitrogen and oxygen atoms in total. The van der Waals surface area contributed by atoms with Crippen LogP contribution in [0, 0.1) is 16.7 Å². The molecule has 134 valence electrons. The number of hydrogen-bond donors (Lipinski definition) is 1. The van der Waals surface area contributed by atoms with E-state index in [4.69, 9.17) is 11.6 Å². The van der Waals surface area contributed by atoms with Crippen LogP contribution in [-0.2, 0) is 21.1 Å². The van der Waals surface area contributed by atoms with E-state index in [9.17, 15) is 23.6 Å². The normalized spacial score (nSPS) is 24.7. The van der Waals surface area contributed by atoms with Crippen LogP contribution >= 0.6 is 11.6 Å². The van der Waals surface area contributed by atoms with E-state index in [1.807, 2.05) is 19.1 Å². The molecule has 3 rings (SSSR count). The summed E-state index contributed by atoms with van der Waals surface area (Å²) in [4.78, 5) is 11.8. The molecule has 1 aliphatic carbocycles. The van der Waals surface area contributed by atoms with Gasteiger partial charge in [0.2, 0.25) is 0 Å². The zero-order chi connectivity index (χ0) is 19.1. The van der Waals surface area contributed by atoms with Crippen LogP contribution in [-0.4, -0.2) is 24.7 Å². The smallest absolute Gasteiger partial charge is 0.326 e. The standard InChI is InChI=1S/C19H16ClNO4S/c1-2-12-3-5-13(6-4-12)16-17(19(16,11-21)18(22)23)26(24,25)15-9-7-14(20)8-10-15/h3-10,16-17H,2H2,1H3,(H,22,23). The molecule has 2 aromatic carbocycles. The maximum atomic E-state index is 13.0. The fourth-order valence-electron chi connectivity index (χ4n) is 3.38. The number of nitrogens with zero attached hydrogens (tertiary/aromatic N) is 1. The number of aryl methyl sites for hydroxylation is 1. The van der Waals surface area contributed by atoms with Crippen molar-refractivity contribution in [1.82, 2.24) is 0 Å². The van der Waals surface area contributed by atoms with Crippen molar-refractivity contribution in [3.8, 4) is 6.07 Å². The Morgan fingerprint density at radius 2 is 1.77 bits per heavy atom. The van der Waals surface area contributed by atoms with Crippen LogP contribution in [0.4, 0.5) is 0 Å². The van der Waals surface area contributed by atoms with E-state index in [0.717, 1.165) is 12.0 Å². The minimum atomic E-state index is -4.02. The second kappa shape index (κ2) is 6.42. The van der Waals surface area contributed by atoms with Crippen molar-refractivity contribution in [2.75, 3.05) is 0 Å². The van der Waals surface area contributed by atoms with Gasteiger partial charge in [-0.3, -0.25) is 4.79 Å². The zero-order valence-corrected chi connectivity index (χ0v) is 15.5. The SMILES string of the molecule is CCc1ccc(C2C(S(=O)(=O)c3ccc(Cl)cc3)C2(C#N)C(=O)O)cc1. The van der Waals surface area contributed by atoms with Gasteiger partial charge in [0.05, 0.1) is 11.0 Å². The summed E-state index contributed by atoms with van der Waals surface area (Å²) in [6.07, 6.45) is 0.805. The lowest BCUT2D eigenvalue weighted by Crippen LogP contribution is -2.22. The lowest BCUT2D eigenvalue weighted by atomic mass is 9.99. The highest BCUT2D eigenvalue weighted by Crippen LogP contribution is 2.64. The van der Waals surface area contributed by atoms with E-state index in [1.165, 1.54) is 24.3 Å². The quantitative estimate of drug-likeness (QED) is 0.845. The number of benzene rings is 2. The van der Waals surface area contributed by atoms with Gasteiger partial charge < -0.3 is 5.11 Å². The molecule has 1 fully saturated rings. The molecule has 0 saturated heterocycles. The van der Waals surface area contributed by atoms with Crippen LogP contribution in [0.1, 0.15) is 24.0 Å². The van der Waals surface area contributed by atoms with E-state index in [-0.39, 0.29) is 4.90 Å². The molecular formula is C19H16ClNO4S. The highest BCUT2D eigenvalue weighted by molar-refractivity contribution is 7.92. The summed E-state index contributed by atoms with van der Waals surface area (Å²) in [5.41, 5.74) is -0.412. The first kappa shape index (κ1) is 18.4. The number of carbonyl (C=O) groups is 1. The van der Waals surface area contributed by atoms with Crippen LogP contribution in [0.25, 0.3) is 0 Å². The Labute approximate surface area is 156 Å². The zero-order valence-electron chi connectivity index (χ0n) is 13.9. The average molecular weight is 390 g/mol. The van der Waals surface area contributed by atoms with Crippen LogP contribution in [0.3, 0.4) is 0 Å². The summed E-state index contributed by atoms with van der Waals surface area (Å²) in [7, 11) is -4.02. The van der Waals surface area contributed by atoms with Gasteiger partial charge in [0.25, 0.3) is 0 Å². The van der Waals surface area contributed by atoms with Gasteiger partial charge in [0, 0.05) is 10.9 Å². The lowest BCUT2D eigenvalue weighted by molar-refractivity contribution is -0.141.